The van der Waals surface area contributed by atoms with E-state index in [9.17, 15) is 13.5 Å². The highest BCUT2D eigenvalue weighted by Gasteiger charge is 2.36. The Labute approximate surface area is 156 Å². The molecule has 0 saturated carbocycles. The van der Waals surface area contributed by atoms with Crippen LogP contribution in [0.25, 0.3) is 6.08 Å². The van der Waals surface area contributed by atoms with Crippen LogP contribution in [0.3, 0.4) is 0 Å². The molecule has 2 N–H and O–H groups in total. The standard InChI is InChI=1S/C19H19NO4S2/c1-15-6-8-16(9-7-15)10-13-26(22,23)20-14-19(21,17-4-2-11-24-17)18-5-3-12-25-18/h2-13,20-21H,14H2,1H3. The predicted octanol–water partition coefficient (Wildman–Crippen LogP) is 3.48. The molecule has 0 bridgehead atoms. The van der Waals surface area contributed by atoms with Gasteiger partial charge in [-0.2, -0.15) is 0 Å². The number of hydrogen-bond donors (Lipinski definition) is 2. The molecule has 0 spiro atoms. The largest absolute Gasteiger partial charge is 0.466 e. The lowest BCUT2D eigenvalue weighted by atomic mass is 9.99. The van der Waals surface area contributed by atoms with Crippen molar-refractivity contribution in [1.82, 2.24) is 4.72 Å². The maximum Gasteiger partial charge on any atom is 0.233 e. The van der Waals surface area contributed by atoms with Crippen molar-refractivity contribution in [3.8, 4) is 0 Å². The Bertz CT molecular complexity index is 923. The molecule has 0 aliphatic heterocycles. The molecule has 1 aromatic carbocycles. The molecule has 26 heavy (non-hydrogen) atoms. The minimum atomic E-state index is -3.73. The zero-order valence-electron chi connectivity index (χ0n) is 14.1. The fourth-order valence-electron chi connectivity index (χ4n) is 2.42. The molecular formula is C19H19NO4S2. The number of nitrogens with one attached hydrogen (secondary N) is 1. The predicted molar refractivity (Wildman–Crippen MR) is 103 cm³/mol. The lowest BCUT2D eigenvalue weighted by Gasteiger charge is -2.24. The van der Waals surface area contributed by atoms with Crippen LogP contribution in [0.4, 0.5) is 0 Å². The summed E-state index contributed by atoms with van der Waals surface area (Å²) < 4.78 is 32.4. The molecular weight excluding hydrogens is 370 g/mol. The van der Waals surface area contributed by atoms with E-state index in [0.717, 1.165) is 16.5 Å². The molecule has 0 radical (unpaired) electrons. The summed E-state index contributed by atoms with van der Waals surface area (Å²) in [4.78, 5) is 0.595. The number of benzene rings is 1. The van der Waals surface area contributed by atoms with Crippen molar-refractivity contribution >= 4 is 27.4 Å². The van der Waals surface area contributed by atoms with Gasteiger partial charge >= 0.3 is 0 Å². The van der Waals surface area contributed by atoms with Crippen LogP contribution in [0.2, 0.25) is 0 Å². The van der Waals surface area contributed by atoms with Gasteiger partial charge in [0, 0.05) is 10.3 Å². The topological polar surface area (TPSA) is 79.5 Å². The van der Waals surface area contributed by atoms with Gasteiger partial charge in [-0.3, -0.25) is 0 Å². The molecule has 1 atom stereocenters. The monoisotopic (exact) mass is 389 g/mol. The third kappa shape index (κ3) is 4.31. The first-order valence-electron chi connectivity index (χ1n) is 7.94. The number of hydrogen-bond acceptors (Lipinski definition) is 5. The van der Waals surface area contributed by atoms with Crippen molar-refractivity contribution in [3.05, 3.63) is 87.3 Å². The minimum absolute atomic E-state index is 0.235. The summed E-state index contributed by atoms with van der Waals surface area (Å²) >= 11 is 1.33. The molecule has 7 heteroatoms. The van der Waals surface area contributed by atoms with E-state index in [1.165, 1.54) is 23.7 Å². The fraction of sp³-hybridized carbons (Fsp3) is 0.158. The Morgan fingerprint density at radius 3 is 2.58 bits per heavy atom. The van der Waals surface area contributed by atoms with Crippen LogP contribution in [0.1, 0.15) is 21.8 Å². The Kier molecular flexibility index (Phi) is 5.43. The second-order valence-corrected chi connectivity index (χ2v) is 8.49. The Hall–Kier alpha value is -2.19. The van der Waals surface area contributed by atoms with Crippen LogP contribution >= 0.6 is 11.3 Å². The summed E-state index contributed by atoms with van der Waals surface area (Å²) in [5, 5.41) is 14.0. The van der Waals surface area contributed by atoms with Gasteiger partial charge in [-0.1, -0.05) is 35.9 Å². The van der Waals surface area contributed by atoms with Crippen molar-refractivity contribution in [2.75, 3.05) is 6.54 Å². The zero-order chi connectivity index (χ0) is 18.6. The summed E-state index contributed by atoms with van der Waals surface area (Å²) in [7, 11) is -3.73. The van der Waals surface area contributed by atoms with E-state index in [4.69, 9.17) is 4.42 Å². The van der Waals surface area contributed by atoms with Crippen LogP contribution in [-0.4, -0.2) is 20.1 Å². The number of aliphatic hydroxyl groups is 1. The molecule has 1 unspecified atom stereocenters. The average Bonchev–Trinajstić information content (AvgIpc) is 3.33. The maximum atomic E-state index is 12.3. The maximum absolute atomic E-state index is 12.3. The molecule has 0 saturated heterocycles. The number of rotatable bonds is 7. The smallest absolute Gasteiger partial charge is 0.233 e. The summed E-state index contributed by atoms with van der Waals surface area (Å²) in [6, 6.07) is 14.3. The van der Waals surface area contributed by atoms with Gasteiger partial charge in [0.1, 0.15) is 5.76 Å². The van der Waals surface area contributed by atoms with E-state index in [2.05, 4.69) is 4.72 Å². The van der Waals surface area contributed by atoms with E-state index in [-0.39, 0.29) is 12.3 Å². The van der Waals surface area contributed by atoms with Gasteiger partial charge in [-0.15, -0.1) is 11.3 Å². The van der Waals surface area contributed by atoms with Gasteiger partial charge in [0.15, 0.2) is 5.60 Å². The van der Waals surface area contributed by atoms with Gasteiger partial charge in [0.25, 0.3) is 0 Å². The summed E-state index contributed by atoms with van der Waals surface area (Å²) in [6.45, 7) is 1.73. The van der Waals surface area contributed by atoms with Gasteiger partial charge in [-0.05, 0) is 42.1 Å². The first kappa shape index (κ1) is 18.6. The zero-order valence-corrected chi connectivity index (χ0v) is 15.8. The van der Waals surface area contributed by atoms with E-state index < -0.39 is 15.6 Å². The average molecular weight is 389 g/mol. The van der Waals surface area contributed by atoms with Crippen LogP contribution in [0.15, 0.2) is 70.0 Å². The normalized spacial score (nSPS) is 14.5. The molecule has 2 heterocycles. The Balaban J connectivity index is 1.77. The molecule has 2 aromatic heterocycles. The van der Waals surface area contributed by atoms with E-state index in [1.807, 2.05) is 36.6 Å². The third-order valence-electron chi connectivity index (χ3n) is 3.90. The van der Waals surface area contributed by atoms with Crippen LogP contribution in [0, 0.1) is 6.92 Å². The summed E-state index contributed by atoms with van der Waals surface area (Å²) in [5.74, 6) is 0.283. The number of thiophene rings is 1. The summed E-state index contributed by atoms with van der Waals surface area (Å²) in [6.07, 6.45) is 2.96. The minimum Gasteiger partial charge on any atom is -0.466 e. The molecule has 0 aliphatic rings. The van der Waals surface area contributed by atoms with E-state index >= 15 is 0 Å². The van der Waals surface area contributed by atoms with Crippen molar-refractivity contribution in [1.29, 1.82) is 0 Å². The van der Waals surface area contributed by atoms with Crippen LogP contribution in [-0.2, 0) is 15.6 Å². The molecule has 5 nitrogen and oxygen atoms in total. The fourth-order valence-corrected chi connectivity index (χ4v) is 4.09. The summed E-state index contributed by atoms with van der Waals surface area (Å²) in [5.41, 5.74) is 0.311. The highest BCUT2D eigenvalue weighted by molar-refractivity contribution is 7.92. The van der Waals surface area contributed by atoms with Gasteiger partial charge in [0.05, 0.1) is 12.8 Å². The number of sulfonamides is 1. The molecule has 0 amide bonds. The third-order valence-corrected chi connectivity index (χ3v) is 5.97. The highest BCUT2D eigenvalue weighted by Crippen LogP contribution is 2.32. The lowest BCUT2D eigenvalue weighted by molar-refractivity contribution is 0.0656. The molecule has 0 aliphatic carbocycles. The van der Waals surface area contributed by atoms with Crippen molar-refractivity contribution in [2.45, 2.75) is 12.5 Å². The SMILES string of the molecule is Cc1ccc(C=CS(=O)(=O)NCC(O)(c2ccco2)c2cccs2)cc1. The highest BCUT2D eigenvalue weighted by atomic mass is 32.2. The van der Waals surface area contributed by atoms with Crippen molar-refractivity contribution in [3.63, 3.8) is 0 Å². The van der Waals surface area contributed by atoms with Crippen LogP contribution in [0.5, 0.6) is 0 Å². The van der Waals surface area contributed by atoms with E-state index in [1.54, 1.807) is 24.3 Å². The first-order valence-corrected chi connectivity index (χ1v) is 10.4. The Morgan fingerprint density at radius 1 is 1.19 bits per heavy atom. The molecule has 3 rings (SSSR count). The first-order chi connectivity index (χ1) is 12.4. The van der Waals surface area contributed by atoms with Crippen LogP contribution < -0.4 is 4.72 Å². The van der Waals surface area contributed by atoms with E-state index in [0.29, 0.717) is 4.88 Å². The second-order valence-electron chi connectivity index (χ2n) is 5.89. The van der Waals surface area contributed by atoms with Gasteiger partial charge in [0.2, 0.25) is 10.0 Å². The molecule has 3 aromatic rings. The lowest BCUT2D eigenvalue weighted by Crippen LogP contribution is -2.40. The quantitative estimate of drug-likeness (QED) is 0.648. The second kappa shape index (κ2) is 7.59. The molecule has 136 valence electrons. The van der Waals surface area contributed by atoms with Crippen molar-refractivity contribution in [2.24, 2.45) is 0 Å². The van der Waals surface area contributed by atoms with Gasteiger partial charge < -0.3 is 9.52 Å². The number of furan rings is 1. The molecule has 0 fully saturated rings. The number of aryl methyl sites for hydroxylation is 1. The van der Waals surface area contributed by atoms with Crippen molar-refractivity contribution < 1.29 is 17.9 Å². The Morgan fingerprint density at radius 2 is 1.96 bits per heavy atom. The van der Waals surface area contributed by atoms with Gasteiger partial charge in [-0.25, -0.2) is 13.1 Å².